The van der Waals surface area contributed by atoms with Gasteiger partial charge in [0.15, 0.2) is 0 Å². The Morgan fingerprint density at radius 3 is 2.48 bits per heavy atom. The number of sulfonamides is 1. The Morgan fingerprint density at radius 1 is 1.16 bits per heavy atom. The monoisotopic (exact) mass is 389 g/mol. The van der Waals surface area contributed by atoms with Crippen LogP contribution in [0.25, 0.3) is 0 Å². The van der Waals surface area contributed by atoms with Gasteiger partial charge in [0.1, 0.15) is 12.4 Å². The Balaban J connectivity index is 0.00000225. The lowest BCUT2D eigenvalue weighted by molar-refractivity contribution is 0.0183. The fourth-order valence-electron chi connectivity index (χ4n) is 3.94. The topological polar surface area (TPSA) is 84.7 Å². The number of hydrogen-bond donors (Lipinski definition) is 2. The van der Waals surface area contributed by atoms with Crippen molar-refractivity contribution in [2.75, 3.05) is 32.8 Å². The highest BCUT2D eigenvalue weighted by molar-refractivity contribution is 7.89. The highest BCUT2D eigenvalue weighted by Gasteiger charge is 2.39. The zero-order valence-electron chi connectivity index (χ0n) is 14.4. The van der Waals surface area contributed by atoms with Gasteiger partial charge in [0.2, 0.25) is 10.0 Å². The maximum Gasteiger partial charge on any atom is 0.238 e. The van der Waals surface area contributed by atoms with Crippen molar-refractivity contribution in [2.24, 2.45) is 5.14 Å². The molecule has 0 radical (unpaired) electrons. The molecule has 6 nitrogen and oxygen atoms in total. The molecule has 3 rings (SSSR count). The van der Waals surface area contributed by atoms with Crippen LogP contribution in [0.1, 0.15) is 32.1 Å². The minimum atomic E-state index is -3.65. The van der Waals surface area contributed by atoms with E-state index >= 15 is 0 Å². The van der Waals surface area contributed by atoms with E-state index in [4.69, 9.17) is 9.88 Å². The lowest BCUT2D eigenvalue weighted by atomic mass is 9.79. The molecule has 8 heteroatoms. The van der Waals surface area contributed by atoms with E-state index in [-0.39, 0.29) is 17.3 Å². The number of nitrogens with zero attached hydrogens (tertiary/aromatic N) is 1. The predicted octanol–water partition coefficient (Wildman–Crippen LogP) is 1.74. The van der Waals surface area contributed by atoms with Crippen LogP contribution in [0, 0.1) is 0 Å². The van der Waals surface area contributed by atoms with Gasteiger partial charge < -0.3 is 10.1 Å². The smallest absolute Gasteiger partial charge is 0.238 e. The molecule has 2 fully saturated rings. The van der Waals surface area contributed by atoms with Crippen LogP contribution in [0.5, 0.6) is 5.75 Å². The quantitative estimate of drug-likeness (QED) is 0.801. The van der Waals surface area contributed by atoms with Crippen LogP contribution >= 0.6 is 12.4 Å². The summed E-state index contributed by atoms with van der Waals surface area (Å²) in [5.74, 6) is 0.676. The van der Waals surface area contributed by atoms with Gasteiger partial charge in [-0.3, -0.25) is 4.90 Å². The van der Waals surface area contributed by atoms with E-state index in [1.54, 1.807) is 12.1 Å². The highest BCUT2D eigenvalue weighted by Crippen LogP contribution is 2.34. The number of halogens is 1. The summed E-state index contributed by atoms with van der Waals surface area (Å²) >= 11 is 0. The minimum absolute atomic E-state index is 0. The van der Waals surface area contributed by atoms with E-state index in [1.165, 1.54) is 44.2 Å². The average molecular weight is 390 g/mol. The van der Waals surface area contributed by atoms with Gasteiger partial charge in [0, 0.05) is 31.7 Å². The second-order valence-electron chi connectivity index (χ2n) is 6.81. The molecule has 1 aromatic rings. The van der Waals surface area contributed by atoms with Crippen LogP contribution in [-0.2, 0) is 10.0 Å². The van der Waals surface area contributed by atoms with Gasteiger partial charge in [-0.15, -0.1) is 12.4 Å². The first kappa shape index (κ1) is 20.5. The van der Waals surface area contributed by atoms with Crippen LogP contribution in [0.2, 0.25) is 0 Å². The normalized spacial score (nSPS) is 20.8. The van der Waals surface area contributed by atoms with Crippen LogP contribution < -0.4 is 15.2 Å². The van der Waals surface area contributed by atoms with Crippen molar-refractivity contribution in [3.63, 3.8) is 0 Å². The number of piperazine rings is 1. The summed E-state index contributed by atoms with van der Waals surface area (Å²) < 4.78 is 28.3. The van der Waals surface area contributed by atoms with E-state index in [0.717, 1.165) is 26.2 Å². The van der Waals surface area contributed by atoms with Crippen molar-refractivity contribution in [3.05, 3.63) is 24.3 Å². The van der Waals surface area contributed by atoms with Crippen LogP contribution in [0.4, 0.5) is 0 Å². The fourth-order valence-corrected chi connectivity index (χ4v) is 4.45. The SMILES string of the molecule is Cl.NS(=O)(=O)c1ccc(OCCN2CCNCC23CCCCC3)cc1. The molecule has 1 spiro atoms. The van der Waals surface area contributed by atoms with E-state index in [9.17, 15) is 8.42 Å². The van der Waals surface area contributed by atoms with Crippen molar-refractivity contribution < 1.29 is 13.2 Å². The molecule has 0 atom stereocenters. The van der Waals surface area contributed by atoms with Crippen molar-refractivity contribution in [1.29, 1.82) is 0 Å². The molecule has 3 N–H and O–H groups in total. The molecule has 1 saturated heterocycles. The third-order valence-corrected chi connectivity index (χ3v) is 6.18. The highest BCUT2D eigenvalue weighted by atomic mass is 35.5. The van der Waals surface area contributed by atoms with Gasteiger partial charge in [0.25, 0.3) is 0 Å². The summed E-state index contributed by atoms with van der Waals surface area (Å²) in [5.41, 5.74) is 0.303. The first-order valence-electron chi connectivity index (χ1n) is 8.71. The van der Waals surface area contributed by atoms with E-state index in [0.29, 0.717) is 17.9 Å². The lowest BCUT2D eigenvalue weighted by Crippen LogP contribution is -2.62. The molecule has 25 heavy (non-hydrogen) atoms. The Labute approximate surface area is 156 Å². The molecular weight excluding hydrogens is 362 g/mol. The minimum Gasteiger partial charge on any atom is -0.492 e. The maximum absolute atomic E-state index is 11.3. The standard InChI is InChI=1S/C17H27N3O3S.ClH/c18-24(21,22)16-6-4-15(5-7-16)23-13-12-20-11-10-19-14-17(20)8-2-1-3-9-17;/h4-7,19H,1-3,8-14H2,(H2,18,21,22);1H. The van der Waals surface area contributed by atoms with E-state index in [1.807, 2.05) is 0 Å². The molecule has 2 aliphatic rings. The maximum atomic E-state index is 11.3. The first-order chi connectivity index (χ1) is 11.5. The fraction of sp³-hybridized carbons (Fsp3) is 0.647. The first-order valence-corrected chi connectivity index (χ1v) is 10.3. The van der Waals surface area contributed by atoms with Gasteiger partial charge in [0.05, 0.1) is 4.90 Å². The molecule has 1 aromatic carbocycles. The van der Waals surface area contributed by atoms with Crippen LogP contribution in [0.3, 0.4) is 0 Å². The van der Waals surface area contributed by atoms with Crippen LogP contribution in [-0.4, -0.2) is 51.6 Å². The van der Waals surface area contributed by atoms with Crippen molar-refractivity contribution >= 4 is 22.4 Å². The number of primary sulfonamides is 1. The summed E-state index contributed by atoms with van der Waals surface area (Å²) in [7, 11) is -3.65. The molecule has 0 bridgehead atoms. The second-order valence-corrected chi connectivity index (χ2v) is 8.38. The number of ether oxygens (including phenoxy) is 1. The molecule has 142 valence electrons. The number of nitrogens with two attached hydrogens (primary N) is 1. The van der Waals surface area contributed by atoms with Crippen LogP contribution in [0.15, 0.2) is 29.2 Å². The lowest BCUT2D eigenvalue weighted by Gasteiger charge is -2.49. The number of nitrogens with one attached hydrogen (secondary N) is 1. The van der Waals surface area contributed by atoms with E-state index in [2.05, 4.69) is 10.2 Å². The second kappa shape index (κ2) is 8.68. The molecule has 0 amide bonds. The largest absolute Gasteiger partial charge is 0.492 e. The Hall–Kier alpha value is -0.860. The van der Waals surface area contributed by atoms with Crippen molar-refractivity contribution in [3.8, 4) is 5.75 Å². The molecular formula is C17H28ClN3O3S. The predicted molar refractivity (Wildman–Crippen MR) is 101 cm³/mol. The van der Waals surface area contributed by atoms with Gasteiger partial charge >= 0.3 is 0 Å². The van der Waals surface area contributed by atoms with Crippen molar-refractivity contribution in [1.82, 2.24) is 10.2 Å². The van der Waals surface area contributed by atoms with Gasteiger partial charge in [-0.1, -0.05) is 19.3 Å². The summed E-state index contributed by atoms with van der Waals surface area (Å²) in [5, 5.41) is 8.65. The molecule has 1 aliphatic carbocycles. The average Bonchev–Trinajstić information content (AvgIpc) is 2.57. The zero-order valence-corrected chi connectivity index (χ0v) is 16.1. The molecule has 1 aliphatic heterocycles. The molecule has 1 saturated carbocycles. The number of benzene rings is 1. The zero-order chi connectivity index (χ0) is 17.0. The third kappa shape index (κ3) is 5.08. The number of hydrogen-bond acceptors (Lipinski definition) is 5. The summed E-state index contributed by atoms with van der Waals surface area (Å²) in [6.07, 6.45) is 6.51. The van der Waals surface area contributed by atoms with Crippen molar-refractivity contribution in [2.45, 2.75) is 42.5 Å². The molecule has 1 heterocycles. The van der Waals surface area contributed by atoms with Gasteiger partial charge in [-0.05, 0) is 37.1 Å². The van der Waals surface area contributed by atoms with Gasteiger partial charge in [-0.2, -0.15) is 0 Å². The Bertz CT molecular complexity index is 637. The Kier molecular flexibility index (Phi) is 7.10. The summed E-state index contributed by atoms with van der Waals surface area (Å²) in [4.78, 5) is 2.69. The molecule has 0 aromatic heterocycles. The summed E-state index contributed by atoms with van der Waals surface area (Å²) in [6, 6.07) is 6.29. The van der Waals surface area contributed by atoms with Gasteiger partial charge in [-0.25, -0.2) is 13.6 Å². The summed E-state index contributed by atoms with van der Waals surface area (Å²) in [6.45, 7) is 4.68. The number of rotatable bonds is 5. The third-order valence-electron chi connectivity index (χ3n) is 5.25. The van der Waals surface area contributed by atoms with E-state index < -0.39 is 10.0 Å². The Morgan fingerprint density at radius 2 is 1.84 bits per heavy atom. The molecule has 0 unspecified atom stereocenters.